The molecule has 0 saturated carbocycles. The molecular weight excluding hydrogens is 249 g/mol. The van der Waals surface area contributed by atoms with E-state index in [1.54, 1.807) is 17.4 Å². The van der Waals surface area contributed by atoms with E-state index in [0.29, 0.717) is 0 Å². The molecule has 2 rings (SSSR count). The first-order chi connectivity index (χ1) is 8.74. The molecule has 0 amide bonds. The Morgan fingerprint density at radius 1 is 1.33 bits per heavy atom. The van der Waals surface area contributed by atoms with Crippen molar-refractivity contribution in [2.24, 2.45) is 0 Å². The Labute approximate surface area is 110 Å². The fraction of sp³-hybridized carbons (Fsp3) is 0.385. The smallest absolute Gasteiger partial charge is 0.142 e. The predicted molar refractivity (Wildman–Crippen MR) is 72.1 cm³/mol. The van der Waals surface area contributed by atoms with Crippen molar-refractivity contribution in [1.29, 1.82) is 0 Å². The molecule has 0 radical (unpaired) electrons. The molecule has 96 valence electrons. The summed E-state index contributed by atoms with van der Waals surface area (Å²) in [5.41, 5.74) is 1.83. The van der Waals surface area contributed by atoms with Gasteiger partial charge >= 0.3 is 0 Å². The summed E-state index contributed by atoms with van der Waals surface area (Å²) < 4.78 is 12.8. The molecule has 0 unspecified atom stereocenters. The number of rotatable bonds is 5. The number of thiazole rings is 1. The minimum atomic E-state index is -0.320. The van der Waals surface area contributed by atoms with Gasteiger partial charge in [0.15, 0.2) is 0 Å². The SMILES string of the molecule is CCNCc1sc(-c2ccc(F)cn2)nc1CC. The summed E-state index contributed by atoms with van der Waals surface area (Å²) in [6.45, 7) is 5.94. The van der Waals surface area contributed by atoms with Crippen LogP contribution < -0.4 is 5.32 Å². The lowest BCUT2D eigenvalue weighted by atomic mass is 10.3. The van der Waals surface area contributed by atoms with Gasteiger partial charge in [0.1, 0.15) is 10.8 Å². The Morgan fingerprint density at radius 2 is 2.17 bits per heavy atom. The molecule has 0 aliphatic rings. The van der Waals surface area contributed by atoms with Crippen LogP contribution in [0.15, 0.2) is 18.3 Å². The van der Waals surface area contributed by atoms with Gasteiger partial charge in [0.2, 0.25) is 0 Å². The molecule has 2 aromatic heterocycles. The number of pyridine rings is 1. The van der Waals surface area contributed by atoms with Gasteiger partial charge in [-0.25, -0.2) is 9.37 Å². The number of halogens is 1. The Bertz CT molecular complexity index is 507. The largest absolute Gasteiger partial charge is 0.312 e. The van der Waals surface area contributed by atoms with Crippen molar-refractivity contribution in [3.8, 4) is 10.7 Å². The second kappa shape index (κ2) is 6.02. The number of aryl methyl sites for hydroxylation is 1. The second-order valence-electron chi connectivity index (χ2n) is 3.88. The van der Waals surface area contributed by atoms with Gasteiger partial charge in [0.25, 0.3) is 0 Å². The molecule has 5 heteroatoms. The maximum atomic E-state index is 12.8. The van der Waals surface area contributed by atoms with E-state index in [9.17, 15) is 4.39 Å². The Morgan fingerprint density at radius 3 is 2.78 bits per heavy atom. The molecule has 0 saturated heterocycles. The van der Waals surface area contributed by atoms with Crippen LogP contribution in [0.1, 0.15) is 24.4 Å². The Kier molecular flexibility index (Phi) is 4.38. The van der Waals surface area contributed by atoms with Gasteiger partial charge in [-0.05, 0) is 25.1 Å². The molecule has 1 N–H and O–H groups in total. The molecule has 2 aromatic rings. The van der Waals surface area contributed by atoms with E-state index in [-0.39, 0.29) is 5.82 Å². The van der Waals surface area contributed by atoms with Crippen LogP contribution in [-0.4, -0.2) is 16.5 Å². The zero-order valence-electron chi connectivity index (χ0n) is 10.5. The number of nitrogens with one attached hydrogen (secondary N) is 1. The monoisotopic (exact) mass is 265 g/mol. The number of hydrogen-bond acceptors (Lipinski definition) is 4. The van der Waals surface area contributed by atoms with Gasteiger partial charge in [-0.15, -0.1) is 11.3 Å². The maximum Gasteiger partial charge on any atom is 0.142 e. The highest BCUT2D eigenvalue weighted by atomic mass is 32.1. The van der Waals surface area contributed by atoms with E-state index >= 15 is 0 Å². The Balaban J connectivity index is 2.28. The molecule has 0 atom stereocenters. The van der Waals surface area contributed by atoms with Crippen LogP contribution in [0.2, 0.25) is 0 Å². The highest BCUT2D eigenvalue weighted by Crippen LogP contribution is 2.27. The molecule has 0 aromatic carbocycles. The van der Waals surface area contributed by atoms with E-state index < -0.39 is 0 Å². The van der Waals surface area contributed by atoms with Crippen LogP contribution in [0.4, 0.5) is 4.39 Å². The molecule has 18 heavy (non-hydrogen) atoms. The zero-order chi connectivity index (χ0) is 13.0. The third kappa shape index (κ3) is 2.91. The van der Waals surface area contributed by atoms with Gasteiger partial charge in [-0.3, -0.25) is 4.98 Å². The molecular formula is C13H16FN3S. The van der Waals surface area contributed by atoms with Crippen LogP contribution in [-0.2, 0) is 13.0 Å². The molecule has 3 nitrogen and oxygen atoms in total. The Hall–Kier alpha value is -1.33. The second-order valence-corrected chi connectivity index (χ2v) is 4.97. The highest BCUT2D eigenvalue weighted by molar-refractivity contribution is 7.15. The van der Waals surface area contributed by atoms with Gasteiger partial charge < -0.3 is 5.32 Å². The van der Waals surface area contributed by atoms with Crippen LogP contribution >= 0.6 is 11.3 Å². The summed E-state index contributed by atoms with van der Waals surface area (Å²) in [6.07, 6.45) is 2.13. The molecule has 0 bridgehead atoms. The lowest BCUT2D eigenvalue weighted by molar-refractivity contribution is 0.622. The molecule has 0 aliphatic heterocycles. The zero-order valence-corrected chi connectivity index (χ0v) is 11.4. The minimum Gasteiger partial charge on any atom is -0.312 e. The van der Waals surface area contributed by atoms with Gasteiger partial charge in [0.05, 0.1) is 17.6 Å². The summed E-state index contributed by atoms with van der Waals surface area (Å²) in [7, 11) is 0. The van der Waals surface area contributed by atoms with E-state index in [1.807, 2.05) is 0 Å². The summed E-state index contributed by atoms with van der Waals surface area (Å²) in [5.74, 6) is -0.320. The van der Waals surface area contributed by atoms with E-state index in [1.165, 1.54) is 17.1 Å². The third-order valence-electron chi connectivity index (χ3n) is 2.60. The fourth-order valence-corrected chi connectivity index (χ4v) is 2.74. The predicted octanol–water partition coefficient (Wildman–Crippen LogP) is 3.02. The lowest BCUT2D eigenvalue weighted by Crippen LogP contribution is -2.11. The van der Waals surface area contributed by atoms with Crippen LogP contribution in [0, 0.1) is 5.82 Å². The van der Waals surface area contributed by atoms with Crippen LogP contribution in [0.3, 0.4) is 0 Å². The third-order valence-corrected chi connectivity index (χ3v) is 3.72. The number of hydrogen-bond donors (Lipinski definition) is 1. The number of aromatic nitrogens is 2. The van der Waals surface area contributed by atoms with Crippen LogP contribution in [0.5, 0.6) is 0 Å². The fourth-order valence-electron chi connectivity index (χ4n) is 1.65. The van der Waals surface area contributed by atoms with Crippen molar-refractivity contribution in [3.05, 3.63) is 34.7 Å². The average Bonchev–Trinajstić information content (AvgIpc) is 2.80. The van der Waals surface area contributed by atoms with Crippen molar-refractivity contribution in [2.75, 3.05) is 6.54 Å². The topological polar surface area (TPSA) is 37.8 Å². The van der Waals surface area contributed by atoms with Gasteiger partial charge in [0, 0.05) is 11.4 Å². The van der Waals surface area contributed by atoms with Crippen molar-refractivity contribution in [1.82, 2.24) is 15.3 Å². The van der Waals surface area contributed by atoms with E-state index in [4.69, 9.17) is 0 Å². The maximum absolute atomic E-state index is 12.8. The van der Waals surface area contributed by atoms with Crippen molar-refractivity contribution >= 4 is 11.3 Å². The van der Waals surface area contributed by atoms with Crippen molar-refractivity contribution in [3.63, 3.8) is 0 Å². The summed E-state index contributed by atoms with van der Waals surface area (Å²) in [6, 6.07) is 3.09. The van der Waals surface area contributed by atoms with Gasteiger partial charge in [-0.2, -0.15) is 0 Å². The first kappa shape index (κ1) is 13.1. The van der Waals surface area contributed by atoms with E-state index in [2.05, 4.69) is 29.1 Å². The molecule has 0 fully saturated rings. The average molecular weight is 265 g/mol. The summed E-state index contributed by atoms with van der Waals surface area (Å²) >= 11 is 1.62. The van der Waals surface area contributed by atoms with Crippen molar-refractivity contribution < 1.29 is 4.39 Å². The first-order valence-electron chi connectivity index (χ1n) is 6.05. The quantitative estimate of drug-likeness (QED) is 0.903. The number of nitrogens with zero attached hydrogens (tertiary/aromatic N) is 2. The molecule has 0 aliphatic carbocycles. The summed E-state index contributed by atoms with van der Waals surface area (Å²) in [5, 5.41) is 4.16. The van der Waals surface area contributed by atoms with E-state index in [0.717, 1.165) is 35.9 Å². The minimum absolute atomic E-state index is 0.320. The molecule has 2 heterocycles. The van der Waals surface area contributed by atoms with Crippen molar-refractivity contribution in [2.45, 2.75) is 26.8 Å². The summed E-state index contributed by atoms with van der Waals surface area (Å²) in [4.78, 5) is 9.88. The normalized spacial score (nSPS) is 10.8. The van der Waals surface area contributed by atoms with Crippen LogP contribution in [0.25, 0.3) is 10.7 Å². The highest BCUT2D eigenvalue weighted by Gasteiger charge is 2.11. The molecule has 0 spiro atoms. The standard InChI is InChI=1S/C13H16FN3S/c1-3-10-12(8-15-4-2)18-13(17-10)11-6-5-9(14)7-16-11/h5-7,15H,3-4,8H2,1-2H3. The first-order valence-corrected chi connectivity index (χ1v) is 6.87. The van der Waals surface area contributed by atoms with Gasteiger partial charge in [-0.1, -0.05) is 13.8 Å². The lowest BCUT2D eigenvalue weighted by Gasteiger charge is -1.99.